The Kier molecular flexibility index (Phi) is 5.21. The molecule has 2 rings (SSSR count). The monoisotopic (exact) mass is 331 g/mol. The maximum atomic E-state index is 12.7. The van der Waals surface area contributed by atoms with Gasteiger partial charge in [0.1, 0.15) is 6.04 Å². The summed E-state index contributed by atoms with van der Waals surface area (Å²) in [5, 5.41) is 10.7. The average molecular weight is 331 g/mol. The minimum Gasteiger partial charge on any atom is -0.352 e. The molecule has 2 aromatic heterocycles. The highest BCUT2D eigenvalue weighted by atomic mass is 16.2. The van der Waals surface area contributed by atoms with Gasteiger partial charge in [0, 0.05) is 18.8 Å². The molecule has 2 atom stereocenters. The molecular formula is C17H25N5O2. The molecule has 0 aromatic carbocycles. The SMILES string of the molecule is CCC(C)NC(=O)C(C)NC(=O)c1cc(C)nc2c1c(C)nn2C. The molecule has 7 nitrogen and oxygen atoms in total. The molecule has 0 radical (unpaired) electrons. The fourth-order valence-corrected chi connectivity index (χ4v) is 2.56. The van der Waals surface area contributed by atoms with Gasteiger partial charge in [0.25, 0.3) is 5.91 Å². The lowest BCUT2D eigenvalue weighted by Crippen LogP contribution is -2.47. The van der Waals surface area contributed by atoms with Crippen LogP contribution in [0.1, 0.15) is 48.9 Å². The summed E-state index contributed by atoms with van der Waals surface area (Å²) in [6, 6.07) is 1.19. The van der Waals surface area contributed by atoms with E-state index in [-0.39, 0.29) is 17.9 Å². The Morgan fingerprint density at radius 2 is 1.92 bits per heavy atom. The fourth-order valence-electron chi connectivity index (χ4n) is 2.56. The van der Waals surface area contributed by atoms with Gasteiger partial charge in [-0.1, -0.05) is 6.92 Å². The molecule has 0 saturated carbocycles. The largest absolute Gasteiger partial charge is 0.352 e. The van der Waals surface area contributed by atoms with E-state index in [1.165, 1.54) is 0 Å². The Labute approximate surface area is 141 Å². The minimum absolute atomic E-state index is 0.0762. The van der Waals surface area contributed by atoms with Gasteiger partial charge in [0.15, 0.2) is 5.65 Å². The zero-order valence-corrected chi connectivity index (χ0v) is 15.1. The second kappa shape index (κ2) is 6.98. The topological polar surface area (TPSA) is 88.9 Å². The average Bonchev–Trinajstić information content (AvgIpc) is 2.80. The molecule has 0 fully saturated rings. The van der Waals surface area contributed by atoms with E-state index in [0.29, 0.717) is 11.2 Å². The lowest BCUT2D eigenvalue weighted by molar-refractivity contribution is -0.123. The lowest BCUT2D eigenvalue weighted by Gasteiger charge is -2.17. The number of hydrogen-bond acceptors (Lipinski definition) is 4. The van der Waals surface area contributed by atoms with Crippen molar-refractivity contribution < 1.29 is 9.59 Å². The third kappa shape index (κ3) is 3.55. The molecule has 2 heterocycles. The first-order chi connectivity index (χ1) is 11.2. The van der Waals surface area contributed by atoms with E-state index in [2.05, 4.69) is 20.7 Å². The normalized spacial score (nSPS) is 13.6. The van der Waals surface area contributed by atoms with Crippen molar-refractivity contribution in [3.05, 3.63) is 23.0 Å². The molecule has 0 aliphatic heterocycles. The smallest absolute Gasteiger partial charge is 0.252 e. The van der Waals surface area contributed by atoms with Gasteiger partial charge in [0.2, 0.25) is 5.91 Å². The van der Waals surface area contributed by atoms with Crippen molar-refractivity contribution in [2.24, 2.45) is 7.05 Å². The third-order valence-electron chi connectivity index (χ3n) is 4.08. The summed E-state index contributed by atoms with van der Waals surface area (Å²) in [6.45, 7) is 9.28. The van der Waals surface area contributed by atoms with Crippen LogP contribution in [0.15, 0.2) is 6.07 Å². The van der Waals surface area contributed by atoms with E-state index in [0.717, 1.165) is 23.2 Å². The van der Waals surface area contributed by atoms with Crippen molar-refractivity contribution in [3.63, 3.8) is 0 Å². The molecule has 2 amide bonds. The number of aromatic nitrogens is 3. The van der Waals surface area contributed by atoms with Crippen molar-refractivity contribution in [2.45, 2.75) is 53.1 Å². The van der Waals surface area contributed by atoms with Crippen LogP contribution in [0.5, 0.6) is 0 Å². The van der Waals surface area contributed by atoms with Gasteiger partial charge in [-0.15, -0.1) is 0 Å². The molecule has 0 aliphatic rings. The first-order valence-corrected chi connectivity index (χ1v) is 8.16. The van der Waals surface area contributed by atoms with Gasteiger partial charge in [-0.3, -0.25) is 14.3 Å². The summed E-state index contributed by atoms with van der Waals surface area (Å²) < 4.78 is 1.66. The zero-order chi connectivity index (χ0) is 18.0. The quantitative estimate of drug-likeness (QED) is 0.871. The van der Waals surface area contributed by atoms with Crippen molar-refractivity contribution in [1.29, 1.82) is 0 Å². The molecule has 2 unspecified atom stereocenters. The first-order valence-electron chi connectivity index (χ1n) is 8.16. The Morgan fingerprint density at radius 3 is 2.54 bits per heavy atom. The summed E-state index contributed by atoms with van der Waals surface area (Å²) in [6.07, 6.45) is 0.839. The Hall–Kier alpha value is -2.44. The number of carbonyl (C=O) groups is 2. The Morgan fingerprint density at radius 1 is 1.25 bits per heavy atom. The van der Waals surface area contributed by atoms with E-state index < -0.39 is 6.04 Å². The highest BCUT2D eigenvalue weighted by molar-refractivity contribution is 6.07. The second-order valence-electron chi connectivity index (χ2n) is 6.23. The minimum atomic E-state index is -0.619. The van der Waals surface area contributed by atoms with Crippen molar-refractivity contribution in [3.8, 4) is 0 Å². The number of aryl methyl sites for hydroxylation is 3. The zero-order valence-electron chi connectivity index (χ0n) is 15.1. The lowest BCUT2D eigenvalue weighted by atomic mass is 10.1. The van der Waals surface area contributed by atoms with Crippen molar-refractivity contribution >= 4 is 22.8 Å². The van der Waals surface area contributed by atoms with E-state index in [1.807, 2.05) is 27.7 Å². The summed E-state index contributed by atoms with van der Waals surface area (Å²) in [7, 11) is 1.80. The summed E-state index contributed by atoms with van der Waals surface area (Å²) >= 11 is 0. The van der Waals surface area contributed by atoms with E-state index in [4.69, 9.17) is 0 Å². The molecule has 0 bridgehead atoms. The number of carbonyl (C=O) groups excluding carboxylic acids is 2. The number of nitrogens with zero attached hydrogens (tertiary/aromatic N) is 3. The second-order valence-corrected chi connectivity index (χ2v) is 6.23. The number of hydrogen-bond donors (Lipinski definition) is 2. The van der Waals surface area contributed by atoms with E-state index in [9.17, 15) is 9.59 Å². The molecule has 0 aliphatic carbocycles. The van der Waals surface area contributed by atoms with Gasteiger partial charge in [0.05, 0.1) is 16.6 Å². The standard InChI is InChI=1S/C17H25N5O2/c1-7-9(2)19-16(23)12(5)20-17(24)13-8-10(3)18-15-14(13)11(4)21-22(15)6/h8-9,12H,7H2,1-6H3,(H,19,23)(H,20,24). The van der Waals surface area contributed by atoms with Crippen LogP contribution in [0.4, 0.5) is 0 Å². The summed E-state index contributed by atoms with van der Waals surface area (Å²) in [4.78, 5) is 29.3. The predicted molar refractivity (Wildman–Crippen MR) is 92.8 cm³/mol. The van der Waals surface area contributed by atoms with Gasteiger partial charge >= 0.3 is 0 Å². The number of amides is 2. The first kappa shape index (κ1) is 17.9. The molecule has 2 N–H and O–H groups in total. The van der Waals surface area contributed by atoms with Gasteiger partial charge in [-0.05, 0) is 40.2 Å². The number of pyridine rings is 1. The van der Waals surface area contributed by atoms with E-state index in [1.54, 1.807) is 24.7 Å². The van der Waals surface area contributed by atoms with Gasteiger partial charge in [-0.2, -0.15) is 5.10 Å². The molecule has 2 aromatic rings. The van der Waals surface area contributed by atoms with Crippen LogP contribution in [-0.4, -0.2) is 38.7 Å². The van der Waals surface area contributed by atoms with Crippen molar-refractivity contribution in [1.82, 2.24) is 25.4 Å². The summed E-state index contributed by atoms with van der Waals surface area (Å²) in [5.41, 5.74) is 2.62. The van der Waals surface area contributed by atoms with Crippen LogP contribution >= 0.6 is 0 Å². The van der Waals surface area contributed by atoms with Crippen molar-refractivity contribution in [2.75, 3.05) is 0 Å². The van der Waals surface area contributed by atoms with Crippen LogP contribution in [0.25, 0.3) is 11.0 Å². The third-order valence-corrected chi connectivity index (χ3v) is 4.08. The predicted octanol–water partition coefficient (Wildman–Crippen LogP) is 1.62. The Balaban J connectivity index is 2.27. The Bertz CT molecular complexity index is 781. The molecule has 0 spiro atoms. The number of nitrogens with one attached hydrogen (secondary N) is 2. The molecule has 130 valence electrons. The molecule has 0 saturated heterocycles. The maximum absolute atomic E-state index is 12.7. The highest BCUT2D eigenvalue weighted by Gasteiger charge is 2.22. The number of fused-ring (bicyclic) bond motifs is 1. The van der Waals surface area contributed by atoms with Crippen LogP contribution < -0.4 is 10.6 Å². The maximum Gasteiger partial charge on any atom is 0.252 e. The molecule has 24 heavy (non-hydrogen) atoms. The molecular weight excluding hydrogens is 306 g/mol. The van der Waals surface area contributed by atoms with E-state index >= 15 is 0 Å². The van der Waals surface area contributed by atoms with Gasteiger partial charge < -0.3 is 10.6 Å². The summed E-state index contributed by atoms with van der Waals surface area (Å²) in [5.74, 6) is -0.490. The van der Waals surface area contributed by atoms with Crippen LogP contribution in [-0.2, 0) is 11.8 Å². The highest BCUT2D eigenvalue weighted by Crippen LogP contribution is 2.21. The molecule has 7 heteroatoms. The number of rotatable bonds is 5. The van der Waals surface area contributed by atoms with Crippen LogP contribution in [0.3, 0.4) is 0 Å². The fraction of sp³-hybridized carbons (Fsp3) is 0.529. The van der Waals surface area contributed by atoms with Crippen LogP contribution in [0.2, 0.25) is 0 Å². The van der Waals surface area contributed by atoms with Gasteiger partial charge in [-0.25, -0.2) is 4.98 Å². The van der Waals surface area contributed by atoms with Crippen LogP contribution in [0, 0.1) is 13.8 Å².